The molecule has 0 aromatic heterocycles. The molecule has 2 aromatic rings. The third-order valence-electron chi connectivity index (χ3n) is 7.11. The van der Waals surface area contributed by atoms with Gasteiger partial charge >= 0.3 is 0 Å². The Morgan fingerprint density at radius 1 is 1.18 bits per heavy atom. The summed E-state index contributed by atoms with van der Waals surface area (Å²) < 4.78 is 18.3. The minimum absolute atomic E-state index is 0.00685. The number of ether oxygens (including phenoxy) is 3. The molecular weight excluding hydrogens is 430 g/mol. The lowest BCUT2D eigenvalue weighted by Gasteiger charge is -2.48. The first kappa shape index (κ1) is 24.7. The fourth-order valence-corrected chi connectivity index (χ4v) is 5.32. The number of carbonyl (C=O) groups excluding carboxylic acids is 1. The number of benzene rings is 2. The van der Waals surface area contributed by atoms with Gasteiger partial charge in [0.2, 0.25) is 0 Å². The van der Waals surface area contributed by atoms with Crippen molar-refractivity contribution in [2.75, 3.05) is 26.8 Å². The van der Waals surface area contributed by atoms with Gasteiger partial charge in [-0.3, -0.25) is 4.79 Å². The molecule has 2 heterocycles. The average Bonchev–Trinajstić information content (AvgIpc) is 2.83. The Hall–Kier alpha value is -2.41. The van der Waals surface area contributed by atoms with E-state index in [1.165, 1.54) is 5.56 Å². The van der Waals surface area contributed by atoms with E-state index in [9.17, 15) is 9.90 Å². The van der Waals surface area contributed by atoms with E-state index in [-0.39, 0.29) is 23.7 Å². The number of likely N-dealkylation sites (tertiary alicyclic amines) is 1. The monoisotopic (exact) mass is 467 g/mol. The summed E-state index contributed by atoms with van der Waals surface area (Å²) in [6, 6.07) is 15.6. The molecule has 0 radical (unpaired) electrons. The van der Waals surface area contributed by atoms with Crippen LogP contribution < -0.4 is 4.74 Å². The number of nitrogens with zero attached hydrogens (tertiary/aromatic N) is 1. The quantitative estimate of drug-likeness (QED) is 0.658. The van der Waals surface area contributed by atoms with Crippen molar-refractivity contribution in [2.24, 2.45) is 0 Å². The Kier molecular flexibility index (Phi) is 7.31. The third-order valence-corrected chi connectivity index (χ3v) is 7.11. The highest BCUT2D eigenvalue weighted by Crippen LogP contribution is 2.44. The fraction of sp³-hybridized carbons (Fsp3) is 0.536. The number of hydrogen-bond donors (Lipinski definition) is 1. The Labute approximate surface area is 202 Å². The van der Waals surface area contributed by atoms with E-state index < -0.39 is 5.60 Å². The Balaban J connectivity index is 1.47. The van der Waals surface area contributed by atoms with Gasteiger partial charge in [0.05, 0.1) is 30.5 Å². The molecule has 4 rings (SSSR count). The maximum absolute atomic E-state index is 13.3. The van der Waals surface area contributed by atoms with Crippen LogP contribution in [0.3, 0.4) is 0 Å². The van der Waals surface area contributed by atoms with Crippen LogP contribution in [0.15, 0.2) is 48.5 Å². The number of piperidine rings is 1. The van der Waals surface area contributed by atoms with Crippen LogP contribution in [0, 0.1) is 0 Å². The molecular formula is C28H37NO5. The summed E-state index contributed by atoms with van der Waals surface area (Å²) in [4.78, 5) is 15.2. The predicted octanol–water partition coefficient (Wildman–Crippen LogP) is 4.85. The van der Waals surface area contributed by atoms with Crippen molar-refractivity contribution in [1.29, 1.82) is 0 Å². The molecule has 2 aliphatic rings. The molecule has 1 N–H and O–H groups in total. The minimum Gasteiger partial charge on any atom is -0.496 e. The SMILES string of the molecule is CCO[C@@H]1C[C@H](c2ccccc2)OC2(CCN(C(=O)c3ccc(C(C)(C)O)c(OC)c3)CC2)C1. The summed E-state index contributed by atoms with van der Waals surface area (Å²) in [7, 11) is 1.56. The van der Waals surface area contributed by atoms with Gasteiger partial charge in [0, 0.05) is 43.7 Å². The average molecular weight is 468 g/mol. The first-order valence-electron chi connectivity index (χ1n) is 12.3. The van der Waals surface area contributed by atoms with Crippen molar-refractivity contribution >= 4 is 5.91 Å². The molecule has 0 bridgehead atoms. The Bertz CT molecular complexity index is 976. The highest BCUT2D eigenvalue weighted by atomic mass is 16.5. The molecule has 34 heavy (non-hydrogen) atoms. The normalized spacial score (nSPS) is 22.6. The van der Waals surface area contributed by atoms with E-state index in [0.717, 1.165) is 25.7 Å². The number of aliphatic hydroxyl groups is 1. The van der Waals surface area contributed by atoms with Gasteiger partial charge in [0.1, 0.15) is 5.75 Å². The van der Waals surface area contributed by atoms with E-state index in [0.29, 0.717) is 36.6 Å². The molecule has 1 amide bonds. The van der Waals surface area contributed by atoms with Crippen LogP contribution in [-0.4, -0.2) is 54.4 Å². The molecule has 2 aliphatic heterocycles. The standard InChI is InChI=1S/C28H37NO5/c1-5-33-22-18-24(20-9-7-6-8-10-20)34-28(19-22)13-15-29(16-14-28)26(30)21-11-12-23(27(2,3)31)25(17-21)32-4/h6-12,17,22,24,31H,5,13-16,18-19H2,1-4H3/t22-,24-/m1/s1. The van der Waals surface area contributed by atoms with E-state index >= 15 is 0 Å². The maximum atomic E-state index is 13.3. The molecule has 2 saturated heterocycles. The van der Waals surface area contributed by atoms with E-state index in [2.05, 4.69) is 12.1 Å². The molecule has 2 aromatic carbocycles. The largest absolute Gasteiger partial charge is 0.496 e. The predicted molar refractivity (Wildman–Crippen MR) is 131 cm³/mol. The molecule has 0 unspecified atom stereocenters. The van der Waals surface area contributed by atoms with Crippen molar-refractivity contribution in [1.82, 2.24) is 4.90 Å². The van der Waals surface area contributed by atoms with Crippen molar-refractivity contribution in [2.45, 2.75) is 69.9 Å². The summed E-state index contributed by atoms with van der Waals surface area (Å²) in [6.45, 7) is 7.41. The van der Waals surface area contributed by atoms with Gasteiger partial charge in [-0.1, -0.05) is 36.4 Å². The maximum Gasteiger partial charge on any atom is 0.253 e. The Morgan fingerprint density at radius 2 is 1.88 bits per heavy atom. The van der Waals surface area contributed by atoms with Crippen molar-refractivity contribution in [3.8, 4) is 5.75 Å². The molecule has 6 heteroatoms. The van der Waals surface area contributed by atoms with Gasteiger partial charge in [-0.25, -0.2) is 0 Å². The fourth-order valence-electron chi connectivity index (χ4n) is 5.32. The topological polar surface area (TPSA) is 68.2 Å². The van der Waals surface area contributed by atoms with Crippen molar-refractivity contribution in [3.63, 3.8) is 0 Å². The van der Waals surface area contributed by atoms with E-state index in [1.54, 1.807) is 39.2 Å². The van der Waals surface area contributed by atoms with E-state index in [4.69, 9.17) is 14.2 Å². The molecule has 2 atom stereocenters. The lowest BCUT2D eigenvalue weighted by atomic mass is 9.80. The second-order valence-electron chi connectivity index (χ2n) is 9.98. The number of methoxy groups -OCH3 is 1. The highest BCUT2D eigenvalue weighted by molar-refractivity contribution is 5.95. The van der Waals surface area contributed by atoms with Crippen molar-refractivity contribution in [3.05, 3.63) is 65.2 Å². The molecule has 2 fully saturated rings. The zero-order valence-corrected chi connectivity index (χ0v) is 20.8. The lowest BCUT2D eigenvalue weighted by Crippen LogP contribution is -2.52. The van der Waals surface area contributed by atoms with Crippen molar-refractivity contribution < 1.29 is 24.1 Å². The van der Waals surface area contributed by atoms with Crippen LogP contribution in [0.2, 0.25) is 0 Å². The summed E-state index contributed by atoms with van der Waals surface area (Å²) in [5, 5.41) is 10.4. The number of carbonyl (C=O) groups is 1. The first-order valence-corrected chi connectivity index (χ1v) is 12.3. The van der Waals surface area contributed by atoms with Crippen LogP contribution >= 0.6 is 0 Å². The van der Waals surface area contributed by atoms with Crippen LogP contribution in [0.4, 0.5) is 0 Å². The van der Waals surface area contributed by atoms with Crippen LogP contribution in [0.25, 0.3) is 0 Å². The minimum atomic E-state index is -1.05. The molecule has 184 valence electrons. The highest BCUT2D eigenvalue weighted by Gasteiger charge is 2.45. The van der Waals surface area contributed by atoms with Gasteiger partial charge in [-0.05, 0) is 51.3 Å². The molecule has 1 spiro atoms. The van der Waals surface area contributed by atoms with Gasteiger partial charge in [-0.2, -0.15) is 0 Å². The van der Waals surface area contributed by atoms with Gasteiger partial charge in [0.15, 0.2) is 0 Å². The van der Waals surface area contributed by atoms with Crippen LogP contribution in [0.5, 0.6) is 5.75 Å². The molecule has 0 aliphatic carbocycles. The third kappa shape index (κ3) is 5.29. The summed E-state index contributed by atoms with van der Waals surface area (Å²) in [6.07, 6.45) is 3.45. The number of hydrogen-bond acceptors (Lipinski definition) is 5. The number of amides is 1. The van der Waals surface area contributed by atoms with Gasteiger partial charge < -0.3 is 24.2 Å². The van der Waals surface area contributed by atoms with Gasteiger partial charge in [-0.15, -0.1) is 0 Å². The second kappa shape index (κ2) is 10.1. The summed E-state index contributed by atoms with van der Waals surface area (Å²) in [5.41, 5.74) is 1.09. The van der Waals surface area contributed by atoms with Crippen LogP contribution in [-0.2, 0) is 15.1 Å². The smallest absolute Gasteiger partial charge is 0.253 e. The van der Waals surface area contributed by atoms with E-state index in [1.807, 2.05) is 30.0 Å². The Morgan fingerprint density at radius 3 is 2.50 bits per heavy atom. The second-order valence-corrected chi connectivity index (χ2v) is 9.98. The van der Waals surface area contributed by atoms with Gasteiger partial charge in [0.25, 0.3) is 5.91 Å². The molecule has 6 nitrogen and oxygen atoms in total. The zero-order chi connectivity index (χ0) is 24.3. The zero-order valence-electron chi connectivity index (χ0n) is 20.8. The number of rotatable bonds is 6. The summed E-state index contributed by atoms with van der Waals surface area (Å²) >= 11 is 0. The lowest BCUT2D eigenvalue weighted by molar-refractivity contribution is -0.190. The van der Waals surface area contributed by atoms with Crippen LogP contribution in [0.1, 0.15) is 74.0 Å². The first-order chi connectivity index (χ1) is 16.2. The summed E-state index contributed by atoms with van der Waals surface area (Å²) in [5.74, 6) is 0.500. The molecule has 0 saturated carbocycles.